The third kappa shape index (κ3) is 6.49. The highest BCUT2D eigenvalue weighted by Gasteiger charge is 1.74. The van der Waals surface area contributed by atoms with E-state index in [0.29, 0.717) is 0 Å². The maximum atomic E-state index is 5.20. The SMILES string of the molecule is NCCC/N=P\P. The zero-order chi connectivity index (χ0) is 5.54. The highest BCUT2D eigenvalue weighted by atomic mass is 32.0. The normalized spacial score (nSPS) is 10.6. The van der Waals surface area contributed by atoms with E-state index >= 15 is 0 Å². The summed E-state index contributed by atoms with van der Waals surface area (Å²) >= 11 is 0. The highest BCUT2D eigenvalue weighted by Crippen LogP contribution is 2.08. The molecular weight excluding hydrogens is 126 g/mol. The van der Waals surface area contributed by atoms with Crippen molar-refractivity contribution in [2.24, 2.45) is 10.5 Å². The Kier molecular flexibility index (Phi) is 6.94. The van der Waals surface area contributed by atoms with Crippen LogP contribution in [0, 0.1) is 0 Å². The van der Waals surface area contributed by atoms with Gasteiger partial charge >= 0.3 is 0 Å². The standard InChI is InChI=1S/C3H10N2P2/c4-2-1-3-5-7-6/h1-4,6H2. The lowest BCUT2D eigenvalue weighted by molar-refractivity contribution is 0.853. The summed E-state index contributed by atoms with van der Waals surface area (Å²) in [7, 11) is 3.56. The quantitative estimate of drug-likeness (QED) is 0.460. The van der Waals surface area contributed by atoms with E-state index in [-0.39, 0.29) is 0 Å². The van der Waals surface area contributed by atoms with E-state index in [2.05, 4.69) is 13.7 Å². The fourth-order valence-electron chi connectivity index (χ4n) is 0.220. The van der Waals surface area contributed by atoms with Crippen molar-refractivity contribution < 1.29 is 0 Å². The zero-order valence-electron chi connectivity index (χ0n) is 4.17. The van der Waals surface area contributed by atoms with Crippen molar-refractivity contribution in [3.63, 3.8) is 0 Å². The maximum Gasteiger partial charge on any atom is 0.0448 e. The van der Waals surface area contributed by atoms with Crippen molar-refractivity contribution in [2.45, 2.75) is 6.42 Å². The predicted octanol–water partition coefficient (Wildman–Crippen LogP) is 1.26. The lowest BCUT2D eigenvalue weighted by Gasteiger charge is -1.84. The van der Waals surface area contributed by atoms with Crippen molar-refractivity contribution in [3.8, 4) is 0 Å². The summed E-state index contributed by atoms with van der Waals surface area (Å²) in [5, 5.41) is 0. The Morgan fingerprint density at radius 2 is 2.43 bits per heavy atom. The smallest absolute Gasteiger partial charge is 0.0448 e. The first-order valence-electron chi connectivity index (χ1n) is 2.18. The van der Waals surface area contributed by atoms with Crippen LogP contribution in [-0.4, -0.2) is 13.1 Å². The maximum absolute atomic E-state index is 5.20. The van der Waals surface area contributed by atoms with Crippen LogP contribution in [0.3, 0.4) is 0 Å². The molecule has 0 saturated carbocycles. The summed E-state index contributed by atoms with van der Waals surface area (Å²) in [4.78, 5) is 0. The molecule has 0 aliphatic rings. The monoisotopic (exact) mass is 136 g/mol. The molecule has 0 rings (SSSR count). The number of hydrogen-bond donors (Lipinski definition) is 1. The molecule has 42 valence electrons. The molecule has 7 heavy (non-hydrogen) atoms. The molecule has 0 bridgehead atoms. The van der Waals surface area contributed by atoms with Gasteiger partial charge in [0.15, 0.2) is 0 Å². The Morgan fingerprint density at radius 1 is 1.71 bits per heavy atom. The third-order valence-corrected chi connectivity index (χ3v) is 1.40. The predicted molar refractivity (Wildman–Crippen MR) is 37.6 cm³/mol. The first-order chi connectivity index (χ1) is 3.41. The van der Waals surface area contributed by atoms with E-state index in [1.165, 1.54) is 0 Å². The Bertz CT molecular complexity index is 54.9. The van der Waals surface area contributed by atoms with Gasteiger partial charge in [-0.25, -0.2) is 0 Å². The van der Waals surface area contributed by atoms with Crippen LogP contribution in [0.1, 0.15) is 6.42 Å². The lowest BCUT2D eigenvalue weighted by Crippen LogP contribution is -1.98. The van der Waals surface area contributed by atoms with E-state index in [1.54, 1.807) is 0 Å². The zero-order valence-corrected chi connectivity index (χ0v) is 6.22. The van der Waals surface area contributed by atoms with Gasteiger partial charge in [-0.1, -0.05) is 8.93 Å². The summed E-state index contributed by atoms with van der Waals surface area (Å²) in [6, 6.07) is 0. The average molecular weight is 136 g/mol. The van der Waals surface area contributed by atoms with Crippen LogP contribution in [-0.2, 0) is 0 Å². The number of nitrogens with two attached hydrogens (primary N) is 1. The summed E-state index contributed by atoms with van der Waals surface area (Å²) in [5.74, 6) is 0. The molecule has 0 aromatic rings. The van der Waals surface area contributed by atoms with Gasteiger partial charge < -0.3 is 5.73 Å². The molecule has 0 aliphatic heterocycles. The highest BCUT2D eigenvalue weighted by molar-refractivity contribution is 7.97. The Balaban J connectivity index is 2.69. The van der Waals surface area contributed by atoms with Crippen molar-refractivity contribution >= 4 is 17.0 Å². The topological polar surface area (TPSA) is 38.4 Å². The van der Waals surface area contributed by atoms with Crippen LogP contribution < -0.4 is 5.73 Å². The number of rotatable bonds is 3. The molecule has 0 aromatic carbocycles. The van der Waals surface area contributed by atoms with Crippen LogP contribution in [0.15, 0.2) is 4.74 Å². The van der Waals surface area contributed by atoms with Gasteiger partial charge in [-0.15, -0.1) is 0 Å². The first-order valence-corrected chi connectivity index (χ1v) is 4.65. The molecule has 1 atom stereocenters. The van der Waals surface area contributed by atoms with Crippen LogP contribution in [0.2, 0.25) is 0 Å². The molecule has 0 saturated heterocycles. The van der Waals surface area contributed by atoms with Gasteiger partial charge in [0.25, 0.3) is 0 Å². The molecule has 0 fully saturated rings. The number of nitrogens with zero attached hydrogens (tertiary/aromatic N) is 1. The van der Waals surface area contributed by atoms with E-state index in [1.807, 2.05) is 0 Å². The second kappa shape index (κ2) is 6.49. The van der Waals surface area contributed by atoms with Gasteiger partial charge in [-0.3, -0.25) is 4.74 Å². The van der Waals surface area contributed by atoms with E-state index in [0.717, 1.165) is 27.6 Å². The van der Waals surface area contributed by atoms with E-state index in [9.17, 15) is 0 Å². The molecule has 0 spiro atoms. The van der Waals surface area contributed by atoms with Crippen LogP contribution in [0.25, 0.3) is 0 Å². The van der Waals surface area contributed by atoms with Crippen LogP contribution in [0.4, 0.5) is 0 Å². The minimum absolute atomic E-state index is 0.754. The van der Waals surface area contributed by atoms with Gasteiger partial charge in [0.05, 0.1) is 0 Å². The second-order valence-corrected chi connectivity index (χ2v) is 2.33. The van der Waals surface area contributed by atoms with Crippen LogP contribution in [0.5, 0.6) is 0 Å². The Morgan fingerprint density at radius 3 is 2.86 bits per heavy atom. The molecule has 0 amide bonds. The first kappa shape index (κ1) is 7.49. The molecule has 1 unspecified atom stereocenters. The van der Waals surface area contributed by atoms with Gasteiger partial charge in [0.2, 0.25) is 0 Å². The largest absolute Gasteiger partial charge is 0.330 e. The molecule has 2 N–H and O–H groups in total. The van der Waals surface area contributed by atoms with Crippen molar-refractivity contribution in [1.82, 2.24) is 0 Å². The molecule has 0 aromatic heterocycles. The fourth-order valence-corrected chi connectivity index (χ4v) is 0.823. The minimum atomic E-state index is 0.754. The summed E-state index contributed by atoms with van der Waals surface area (Å²) in [5.41, 5.74) is 5.20. The fraction of sp³-hybridized carbons (Fsp3) is 1.00. The average Bonchev–Trinajstić information content (AvgIpc) is 1.69. The molecule has 0 radical (unpaired) electrons. The third-order valence-electron chi connectivity index (χ3n) is 0.544. The molecular formula is C3H10N2P2. The van der Waals surface area contributed by atoms with Gasteiger partial charge in [-0.05, 0) is 13.0 Å². The Hall–Kier alpha value is 0.490. The van der Waals surface area contributed by atoms with E-state index in [4.69, 9.17) is 5.73 Å². The summed E-state index contributed by atoms with van der Waals surface area (Å²) < 4.78 is 4.02. The van der Waals surface area contributed by atoms with Gasteiger partial charge in [0, 0.05) is 14.6 Å². The molecule has 0 heterocycles. The lowest BCUT2D eigenvalue weighted by atomic mass is 10.4. The molecule has 2 nitrogen and oxygen atoms in total. The summed E-state index contributed by atoms with van der Waals surface area (Å²) in [6.45, 7) is 1.66. The molecule has 4 heteroatoms. The van der Waals surface area contributed by atoms with E-state index < -0.39 is 0 Å². The minimum Gasteiger partial charge on any atom is -0.330 e. The second-order valence-electron chi connectivity index (χ2n) is 1.12. The van der Waals surface area contributed by atoms with Crippen molar-refractivity contribution in [2.75, 3.05) is 13.1 Å². The van der Waals surface area contributed by atoms with Crippen molar-refractivity contribution in [1.29, 1.82) is 0 Å². The van der Waals surface area contributed by atoms with Crippen molar-refractivity contribution in [3.05, 3.63) is 0 Å². The summed E-state index contributed by atoms with van der Waals surface area (Å²) in [6.07, 6.45) is 1.02. The van der Waals surface area contributed by atoms with Gasteiger partial charge in [-0.2, -0.15) is 0 Å². The number of hydrogen-bond acceptors (Lipinski definition) is 2. The Labute approximate surface area is 47.9 Å². The molecule has 0 aliphatic carbocycles. The van der Waals surface area contributed by atoms with Gasteiger partial charge in [0.1, 0.15) is 0 Å². The van der Waals surface area contributed by atoms with Crippen LogP contribution >= 0.6 is 17.0 Å².